The second-order valence-corrected chi connectivity index (χ2v) is 8.16. The fourth-order valence-electron chi connectivity index (χ4n) is 2.45. The van der Waals surface area contributed by atoms with Crippen molar-refractivity contribution in [2.24, 2.45) is 4.99 Å². The summed E-state index contributed by atoms with van der Waals surface area (Å²) in [7, 11) is -2.23. The maximum atomic E-state index is 12.3. The molecule has 0 heterocycles. The summed E-state index contributed by atoms with van der Waals surface area (Å²) in [5.74, 6) is 0.529. The molecule has 0 saturated carbocycles. The van der Waals surface area contributed by atoms with E-state index in [9.17, 15) is 18.5 Å². The van der Waals surface area contributed by atoms with Crippen molar-refractivity contribution in [1.29, 1.82) is 0 Å². The number of sulfonamides is 1. The molecule has 0 saturated heterocycles. The van der Waals surface area contributed by atoms with Crippen molar-refractivity contribution in [2.45, 2.75) is 11.3 Å². The van der Waals surface area contributed by atoms with Crippen LogP contribution in [0.25, 0.3) is 0 Å². The van der Waals surface area contributed by atoms with Crippen LogP contribution in [0.15, 0.2) is 58.4 Å². The maximum Gasteiger partial charge on any atom is 0.270 e. The third-order valence-electron chi connectivity index (χ3n) is 3.87. The number of nitrogens with one attached hydrogen (secondary N) is 3. The summed E-state index contributed by atoms with van der Waals surface area (Å²) >= 11 is 5.96. The molecule has 12 heteroatoms. The number of nitrogens with zero attached hydrogens (tertiary/aromatic N) is 2. The molecule has 0 aliphatic carbocycles. The Hall–Kier alpha value is -1.96. The van der Waals surface area contributed by atoms with Gasteiger partial charge < -0.3 is 10.6 Å². The Labute approximate surface area is 197 Å². The van der Waals surface area contributed by atoms with Crippen molar-refractivity contribution in [2.75, 3.05) is 26.7 Å². The first-order chi connectivity index (χ1) is 13.8. The lowest BCUT2D eigenvalue weighted by Gasteiger charge is -2.12. The number of guanidine groups is 1. The molecule has 0 spiro atoms. The van der Waals surface area contributed by atoms with Gasteiger partial charge in [0, 0.05) is 43.8 Å². The Morgan fingerprint density at radius 1 is 1.10 bits per heavy atom. The molecular formula is C18H23ClIN5O4S. The zero-order valence-corrected chi connectivity index (χ0v) is 20.1. The summed E-state index contributed by atoms with van der Waals surface area (Å²) in [5, 5.41) is 17.6. The van der Waals surface area contributed by atoms with Crippen LogP contribution in [0, 0.1) is 10.1 Å². The van der Waals surface area contributed by atoms with Gasteiger partial charge in [0.25, 0.3) is 5.69 Å². The number of non-ortho nitro benzene ring substituents is 1. The molecule has 3 N–H and O–H groups in total. The van der Waals surface area contributed by atoms with E-state index in [-0.39, 0.29) is 47.6 Å². The average Bonchev–Trinajstić information content (AvgIpc) is 2.70. The van der Waals surface area contributed by atoms with Crippen LogP contribution >= 0.6 is 35.6 Å². The van der Waals surface area contributed by atoms with Gasteiger partial charge in [-0.25, -0.2) is 13.1 Å². The lowest BCUT2D eigenvalue weighted by molar-refractivity contribution is -0.385. The van der Waals surface area contributed by atoms with Crippen LogP contribution in [0.2, 0.25) is 5.02 Å². The minimum Gasteiger partial charge on any atom is -0.356 e. The first-order valence-electron chi connectivity index (χ1n) is 8.75. The smallest absolute Gasteiger partial charge is 0.270 e. The van der Waals surface area contributed by atoms with Crippen molar-refractivity contribution < 1.29 is 13.3 Å². The molecule has 9 nitrogen and oxygen atoms in total. The first kappa shape index (κ1) is 26.1. The van der Waals surface area contributed by atoms with Gasteiger partial charge >= 0.3 is 0 Å². The number of nitro groups is 1. The summed E-state index contributed by atoms with van der Waals surface area (Å²) < 4.78 is 26.9. The van der Waals surface area contributed by atoms with E-state index < -0.39 is 14.9 Å². The number of rotatable bonds is 9. The van der Waals surface area contributed by atoms with Crippen molar-refractivity contribution in [3.05, 3.63) is 69.2 Å². The summed E-state index contributed by atoms with van der Waals surface area (Å²) in [6, 6.07) is 12.5. The molecule has 0 atom stereocenters. The standard InChI is InChI=1S/C18H22ClN5O4S.HI/c1-20-18(21-9-8-14-4-2-5-15(19)12-14)22-10-11-23-29(27,28)17-7-3-6-16(13-17)24(25)26;/h2-7,12-13,23H,8-11H2,1H3,(H2,20,21,22);1H. The highest BCUT2D eigenvalue weighted by atomic mass is 127. The highest BCUT2D eigenvalue weighted by Gasteiger charge is 2.17. The van der Waals surface area contributed by atoms with E-state index in [1.165, 1.54) is 18.2 Å². The lowest BCUT2D eigenvalue weighted by atomic mass is 10.1. The van der Waals surface area contributed by atoms with Crippen LogP contribution in [-0.2, 0) is 16.4 Å². The Bertz CT molecular complexity index is 988. The van der Waals surface area contributed by atoms with Crippen LogP contribution in [0.4, 0.5) is 5.69 Å². The fourth-order valence-corrected chi connectivity index (χ4v) is 3.74. The molecule has 2 rings (SSSR count). The van der Waals surface area contributed by atoms with Crippen molar-refractivity contribution in [3.63, 3.8) is 0 Å². The predicted octanol–water partition coefficient (Wildman–Crippen LogP) is 2.55. The Morgan fingerprint density at radius 3 is 2.47 bits per heavy atom. The molecular weight excluding hydrogens is 545 g/mol. The zero-order valence-electron chi connectivity index (χ0n) is 16.2. The number of hydrogen-bond donors (Lipinski definition) is 3. The summed E-state index contributed by atoms with van der Waals surface area (Å²) in [6.45, 7) is 0.991. The van der Waals surface area contributed by atoms with E-state index in [1.54, 1.807) is 7.05 Å². The van der Waals surface area contributed by atoms with Gasteiger partial charge in [0.15, 0.2) is 5.96 Å². The van der Waals surface area contributed by atoms with Crippen LogP contribution in [0.1, 0.15) is 5.56 Å². The highest BCUT2D eigenvalue weighted by Crippen LogP contribution is 2.16. The molecule has 0 aliphatic heterocycles. The lowest BCUT2D eigenvalue weighted by Crippen LogP contribution is -2.42. The fraction of sp³-hybridized carbons (Fsp3) is 0.278. The van der Waals surface area contributed by atoms with E-state index in [1.807, 2.05) is 24.3 Å². The molecule has 0 aliphatic rings. The maximum absolute atomic E-state index is 12.3. The molecule has 0 fully saturated rings. The minimum absolute atomic E-state index is 0. The molecule has 0 amide bonds. The zero-order chi connectivity index (χ0) is 21.3. The number of nitro benzene ring substituents is 1. The third-order valence-corrected chi connectivity index (χ3v) is 5.56. The summed E-state index contributed by atoms with van der Waals surface area (Å²) in [6.07, 6.45) is 0.751. The average molecular weight is 568 g/mol. The summed E-state index contributed by atoms with van der Waals surface area (Å²) in [5.41, 5.74) is 0.806. The number of hydrogen-bond acceptors (Lipinski definition) is 5. The van der Waals surface area contributed by atoms with Crippen molar-refractivity contribution in [3.8, 4) is 0 Å². The van der Waals surface area contributed by atoms with Crippen LogP contribution < -0.4 is 15.4 Å². The first-order valence-corrected chi connectivity index (χ1v) is 10.6. The van der Waals surface area contributed by atoms with Crippen LogP contribution in [0.5, 0.6) is 0 Å². The third kappa shape index (κ3) is 8.42. The van der Waals surface area contributed by atoms with Gasteiger partial charge in [0.05, 0.1) is 9.82 Å². The molecule has 0 aromatic heterocycles. The molecule has 0 unspecified atom stereocenters. The predicted molar refractivity (Wildman–Crippen MR) is 128 cm³/mol. The van der Waals surface area contributed by atoms with E-state index in [0.29, 0.717) is 17.5 Å². The van der Waals surface area contributed by atoms with E-state index in [2.05, 4.69) is 20.3 Å². The molecule has 2 aromatic carbocycles. The largest absolute Gasteiger partial charge is 0.356 e. The number of halogens is 2. The quantitative estimate of drug-likeness (QED) is 0.107. The number of aliphatic imine (C=N–C) groups is 1. The molecule has 2 aromatic rings. The Balaban J connectivity index is 0.00000450. The molecule has 0 bridgehead atoms. The van der Waals surface area contributed by atoms with E-state index >= 15 is 0 Å². The van der Waals surface area contributed by atoms with Crippen molar-refractivity contribution in [1.82, 2.24) is 15.4 Å². The van der Waals surface area contributed by atoms with Crippen LogP contribution in [-0.4, -0.2) is 46.0 Å². The minimum atomic E-state index is -3.85. The van der Waals surface area contributed by atoms with Crippen molar-refractivity contribution >= 4 is 57.2 Å². The van der Waals surface area contributed by atoms with Gasteiger partial charge in [-0.3, -0.25) is 15.1 Å². The number of benzene rings is 2. The van der Waals surface area contributed by atoms with Gasteiger partial charge in [-0.15, -0.1) is 24.0 Å². The van der Waals surface area contributed by atoms with Gasteiger partial charge in [0.1, 0.15) is 0 Å². The SMILES string of the molecule is CN=C(NCCNS(=O)(=O)c1cccc([N+](=O)[O-])c1)NCCc1cccc(Cl)c1.I. The Morgan fingerprint density at radius 2 is 1.80 bits per heavy atom. The molecule has 30 heavy (non-hydrogen) atoms. The van der Waals surface area contributed by atoms with Crippen LogP contribution in [0.3, 0.4) is 0 Å². The van der Waals surface area contributed by atoms with E-state index in [4.69, 9.17) is 11.6 Å². The monoisotopic (exact) mass is 567 g/mol. The molecule has 0 radical (unpaired) electrons. The van der Waals surface area contributed by atoms with Gasteiger partial charge in [-0.1, -0.05) is 29.8 Å². The summed E-state index contributed by atoms with van der Waals surface area (Å²) in [4.78, 5) is 14.1. The van der Waals surface area contributed by atoms with E-state index in [0.717, 1.165) is 18.1 Å². The topological polar surface area (TPSA) is 126 Å². The van der Waals surface area contributed by atoms with Gasteiger partial charge in [-0.05, 0) is 30.2 Å². The molecule has 164 valence electrons. The second kappa shape index (κ2) is 12.7. The second-order valence-electron chi connectivity index (χ2n) is 5.96. The van der Waals surface area contributed by atoms with Gasteiger partial charge in [0.2, 0.25) is 10.0 Å². The highest BCUT2D eigenvalue weighted by molar-refractivity contribution is 14.0. The normalized spacial score (nSPS) is 11.5. The van der Waals surface area contributed by atoms with Gasteiger partial charge in [-0.2, -0.15) is 0 Å². The Kier molecular flexibility index (Phi) is 11.0.